The van der Waals surface area contributed by atoms with E-state index in [2.05, 4.69) is 41.3 Å². The lowest BCUT2D eigenvalue weighted by molar-refractivity contribution is 0.583. The van der Waals surface area contributed by atoms with E-state index in [1.807, 2.05) is 24.3 Å². The summed E-state index contributed by atoms with van der Waals surface area (Å²) in [4.78, 5) is 4.74. The third-order valence-electron chi connectivity index (χ3n) is 4.28. The summed E-state index contributed by atoms with van der Waals surface area (Å²) < 4.78 is 27.4. The average molecular weight is 427 g/mol. The normalized spacial score (nSPS) is 11.6. The fourth-order valence-corrected chi connectivity index (χ4v) is 5.58. The van der Waals surface area contributed by atoms with E-state index < -0.39 is 10.0 Å². The van der Waals surface area contributed by atoms with Crippen LogP contribution in [-0.4, -0.2) is 13.4 Å². The van der Waals surface area contributed by atoms with E-state index in [9.17, 15) is 8.42 Å². The standard InChI is InChI=1S/C21H18N2O2S3/c1-15-4-8-17(9-5-15)19-14-27-21(23-19)18-10-6-16(7-11-18)13-22-28(24,25)20-3-2-12-26-20/h2-12,14,22H,13H2,1H3. The zero-order valence-corrected chi connectivity index (χ0v) is 17.6. The molecule has 28 heavy (non-hydrogen) atoms. The van der Waals surface area contributed by atoms with Crippen LogP contribution in [-0.2, 0) is 16.6 Å². The summed E-state index contributed by atoms with van der Waals surface area (Å²) in [5.74, 6) is 0. The van der Waals surface area contributed by atoms with Gasteiger partial charge in [-0.3, -0.25) is 0 Å². The Morgan fingerprint density at radius 1 is 0.929 bits per heavy atom. The second-order valence-corrected chi connectivity index (χ2v) is 10.2. The van der Waals surface area contributed by atoms with Crippen LogP contribution in [0.25, 0.3) is 21.8 Å². The summed E-state index contributed by atoms with van der Waals surface area (Å²) >= 11 is 2.81. The van der Waals surface area contributed by atoms with Gasteiger partial charge in [0, 0.05) is 23.1 Å². The highest BCUT2D eigenvalue weighted by atomic mass is 32.2. The monoisotopic (exact) mass is 426 g/mol. The van der Waals surface area contributed by atoms with Gasteiger partial charge in [-0.15, -0.1) is 22.7 Å². The van der Waals surface area contributed by atoms with E-state index in [0.717, 1.165) is 27.4 Å². The maximum atomic E-state index is 12.2. The largest absolute Gasteiger partial charge is 0.250 e. The zero-order chi connectivity index (χ0) is 19.6. The smallest absolute Gasteiger partial charge is 0.236 e. The van der Waals surface area contributed by atoms with Crippen molar-refractivity contribution in [3.63, 3.8) is 0 Å². The summed E-state index contributed by atoms with van der Waals surface area (Å²) in [6.45, 7) is 2.32. The lowest BCUT2D eigenvalue weighted by atomic mass is 10.1. The SMILES string of the molecule is Cc1ccc(-c2csc(-c3ccc(CNS(=O)(=O)c4cccs4)cc3)n2)cc1. The molecule has 0 aliphatic carbocycles. The number of hydrogen-bond acceptors (Lipinski definition) is 5. The van der Waals surface area contributed by atoms with Gasteiger partial charge in [0.15, 0.2) is 0 Å². The molecule has 4 aromatic rings. The maximum absolute atomic E-state index is 12.2. The molecule has 0 saturated heterocycles. The Labute approximate surface area is 172 Å². The van der Waals surface area contributed by atoms with E-state index in [-0.39, 0.29) is 6.54 Å². The average Bonchev–Trinajstić information content (AvgIpc) is 3.40. The van der Waals surface area contributed by atoms with Crippen molar-refractivity contribution in [1.29, 1.82) is 0 Å². The van der Waals surface area contributed by atoms with Gasteiger partial charge >= 0.3 is 0 Å². The first-order chi connectivity index (χ1) is 13.5. The molecule has 0 aliphatic heterocycles. The van der Waals surface area contributed by atoms with Crippen molar-refractivity contribution in [2.75, 3.05) is 0 Å². The number of thiazole rings is 1. The Morgan fingerprint density at radius 2 is 1.64 bits per heavy atom. The maximum Gasteiger partial charge on any atom is 0.250 e. The number of hydrogen-bond donors (Lipinski definition) is 1. The number of benzene rings is 2. The molecule has 2 aromatic heterocycles. The van der Waals surface area contributed by atoms with Crippen LogP contribution in [0, 0.1) is 6.92 Å². The highest BCUT2D eigenvalue weighted by Gasteiger charge is 2.14. The van der Waals surface area contributed by atoms with Crippen LogP contribution in [0.4, 0.5) is 0 Å². The fraction of sp³-hybridized carbons (Fsp3) is 0.0952. The van der Waals surface area contributed by atoms with E-state index >= 15 is 0 Å². The molecule has 0 spiro atoms. The van der Waals surface area contributed by atoms with Crippen LogP contribution in [0.3, 0.4) is 0 Å². The first-order valence-electron chi connectivity index (χ1n) is 8.66. The highest BCUT2D eigenvalue weighted by Crippen LogP contribution is 2.29. The first kappa shape index (κ1) is 19.0. The van der Waals surface area contributed by atoms with Crippen molar-refractivity contribution in [2.24, 2.45) is 0 Å². The second kappa shape index (κ2) is 7.97. The molecule has 7 heteroatoms. The van der Waals surface area contributed by atoms with Crippen LogP contribution in [0.1, 0.15) is 11.1 Å². The molecule has 0 atom stereocenters. The van der Waals surface area contributed by atoms with Gasteiger partial charge in [0.2, 0.25) is 10.0 Å². The molecule has 142 valence electrons. The van der Waals surface area contributed by atoms with Crippen LogP contribution in [0.2, 0.25) is 0 Å². The molecule has 0 fully saturated rings. The van der Waals surface area contributed by atoms with Crippen molar-refractivity contribution in [3.05, 3.63) is 82.6 Å². The molecule has 0 bridgehead atoms. The first-order valence-corrected chi connectivity index (χ1v) is 11.9. The molecule has 4 nitrogen and oxygen atoms in total. The summed E-state index contributed by atoms with van der Waals surface area (Å²) in [6.07, 6.45) is 0. The fourth-order valence-electron chi connectivity index (χ4n) is 2.69. The van der Waals surface area contributed by atoms with Gasteiger partial charge in [0.25, 0.3) is 0 Å². The van der Waals surface area contributed by atoms with E-state index in [1.54, 1.807) is 28.8 Å². The minimum atomic E-state index is -3.45. The van der Waals surface area contributed by atoms with Crippen LogP contribution >= 0.6 is 22.7 Å². The van der Waals surface area contributed by atoms with Crippen LogP contribution in [0.15, 0.2) is 75.6 Å². The Balaban J connectivity index is 1.46. The molecule has 2 aromatic carbocycles. The van der Waals surface area contributed by atoms with Gasteiger partial charge < -0.3 is 0 Å². The Bertz CT molecular complexity index is 1160. The van der Waals surface area contributed by atoms with Gasteiger partial charge in [-0.1, -0.05) is 60.2 Å². The van der Waals surface area contributed by atoms with Gasteiger partial charge in [0.1, 0.15) is 9.22 Å². The predicted molar refractivity (Wildman–Crippen MR) is 116 cm³/mol. The van der Waals surface area contributed by atoms with Gasteiger partial charge in [-0.25, -0.2) is 18.1 Å². The number of nitrogens with zero attached hydrogens (tertiary/aromatic N) is 1. The third-order valence-corrected chi connectivity index (χ3v) is 7.97. The number of aromatic nitrogens is 1. The molecule has 4 rings (SSSR count). The predicted octanol–water partition coefficient (Wildman–Crippen LogP) is 5.33. The minimum Gasteiger partial charge on any atom is -0.236 e. The topological polar surface area (TPSA) is 59.1 Å². The van der Waals surface area contributed by atoms with Gasteiger partial charge in [0.05, 0.1) is 5.69 Å². The molecule has 0 saturated carbocycles. The summed E-state index contributed by atoms with van der Waals surface area (Å²) in [5, 5.41) is 4.76. The van der Waals surface area contributed by atoms with Crippen molar-refractivity contribution in [1.82, 2.24) is 9.71 Å². The Kier molecular flexibility index (Phi) is 5.41. The third kappa shape index (κ3) is 4.23. The molecule has 0 radical (unpaired) electrons. The highest BCUT2D eigenvalue weighted by molar-refractivity contribution is 7.91. The Hall–Kier alpha value is -2.32. The van der Waals surface area contributed by atoms with Gasteiger partial charge in [-0.2, -0.15) is 0 Å². The second-order valence-electron chi connectivity index (χ2n) is 6.36. The molecular formula is C21H18N2O2S3. The van der Waals surface area contributed by atoms with Crippen molar-refractivity contribution in [3.8, 4) is 21.8 Å². The van der Waals surface area contributed by atoms with E-state index in [1.165, 1.54) is 16.9 Å². The lowest BCUT2D eigenvalue weighted by Crippen LogP contribution is -2.22. The Morgan fingerprint density at radius 3 is 2.32 bits per heavy atom. The van der Waals surface area contributed by atoms with E-state index in [0.29, 0.717) is 4.21 Å². The summed E-state index contributed by atoms with van der Waals surface area (Å²) in [5.41, 5.74) is 5.22. The van der Waals surface area contributed by atoms with Crippen LogP contribution in [0.5, 0.6) is 0 Å². The number of sulfonamides is 1. The zero-order valence-electron chi connectivity index (χ0n) is 15.1. The summed E-state index contributed by atoms with van der Waals surface area (Å²) in [7, 11) is -3.45. The lowest BCUT2D eigenvalue weighted by Gasteiger charge is -2.05. The van der Waals surface area contributed by atoms with Crippen molar-refractivity contribution < 1.29 is 8.42 Å². The number of nitrogens with one attached hydrogen (secondary N) is 1. The molecular weight excluding hydrogens is 408 g/mol. The van der Waals surface area contributed by atoms with Crippen LogP contribution < -0.4 is 4.72 Å². The molecule has 1 N–H and O–H groups in total. The van der Waals surface area contributed by atoms with Crippen molar-refractivity contribution >= 4 is 32.7 Å². The number of rotatable bonds is 6. The molecule has 2 heterocycles. The minimum absolute atomic E-state index is 0.257. The van der Waals surface area contributed by atoms with E-state index in [4.69, 9.17) is 4.98 Å². The molecule has 0 amide bonds. The summed E-state index contributed by atoms with van der Waals surface area (Å²) in [6, 6.07) is 19.5. The van der Waals surface area contributed by atoms with Gasteiger partial charge in [-0.05, 0) is 23.9 Å². The van der Waals surface area contributed by atoms with Crippen molar-refractivity contribution in [2.45, 2.75) is 17.7 Å². The molecule has 0 aliphatic rings. The number of thiophene rings is 1. The molecule has 0 unspecified atom stereocenters. The quantitative estimate of drug-likeness (QED) is 0.454. The number of aryl methyl sites for hydroxylation is 1.